The van der Waals surface area contributed by atoms with Gasteiger partial charge in [-0.05, 0) is 28.6 Å². The van der Waals surface area contributed by atoms with Crippen molar-refractivity contribution in [2.24, 2.45) is 5.11 Å². The summed E-state index contributed by atoms with van der Waals surface area (Å²) in [5.41, 5.74) is 8.06. The molecule has 0 aromatic carbocycles. The highest BCUT2D eigenvalue weighted by molar-refractivity contribution is 7.91. The average Bonchev–Trinajstić information content (AvgIpc) is 2.62. The molecule has 0 aliphatic rings. The molecule has 84 valence electrons. The fourth-order valence-corrected chi connectivity index (χ4v) is 3.43. The van der Waals surface area contributed by atoms with Crippen LogP contribution in [0.1, 0.15) is 18.9 Å². The molecule has 0 saturated carbocycles. The summed E-state index contributed by atoms with van der Waals surface area (Å²) in [6, 6.07) is 1.70. The zero-order valence-corrected chi connectivity index (χ0v) is 9.92. The van der Waals surface area contributed by atoms with Gasteiger partial charge in [-0.25, -0.2) is 8.42 Å². The molecular weight excluding hydrogens is 250 g/mol. The first-order valence-electron chi connectivity index (χ1n) is 4.24. The number of aromatic nitrogens is 1. The first kappa shape index (κ1) is 12.4. The number of rotatable bonds is 4. The number of sulfone groups is 1. The van der Waals surface area contributed by atoms with Crippen molar-refractivity contribution in [1.29, 1.82) is 5.26 Å². The quantitative estimate of drug-likeness (QED) is 0.466. The second-order valence-corrected chi connectivity index (χ2v) is 5.56. The molecule has 0 unspecified atom stereocenters. The average molecular weight is 257 g/mol. The Balaban J connectivity index is 3.38. The van der Waals surface area contributed by atoms with Crippen LogP contribution >= 0.6 is 11.5 Å². The Morgan fingerprint density at radius 1 is 1.69 bits per heavy atom. The van der Waals surface area contributed by atoms with Gasteiger partial charge < -0.3 is 0 Å². The molecule has 7 nitrogen and oxygen atoms in total. The number of hydrogen-bond acceptors (Lipinski definition) is 6. The van der Waals surface area contributed by atoms with Crippen molar-refractivity contribution in [3.8, 4) is 6.07 Å². The van der Waals surface area contributed by atoms with E-state index >= 15 is 0 Å². The third-order valence-corrected chi connectivity index (χ3v) is 4.34. The summed E-state index contributed by atoms with van der Waals surface area (Å²) < 4.78 is 27.0. The highest BCUT2D eigenvalue weighted by Crippen LogP contribution is 2.30. The highest BCUT2D eigenvalue weighted by Gasteiger charge is 2.24. The summed E-state index contributed by atoms with van der Waals surface area (Å²) in [5.74, 6) is -0.0822. The van der Waals surface area contributed by atoms with Crippen LogP contribution in [-0.2, 0) is 9.84 Å². The first-order chi connectivity index (χ1) is 7.56. The molecule has 0 spiro atoms. The molecule has 1 heterocycles. The van der Waals surface area contributed by atoms with Crippen LogP contribution in [0.15, 0.2) is 10.1 Å². The van der Waals surface area contributed by atoms with Gasteiger partial charge in [0.05, 0.1) is 5.75 Å². The molecule has 1 aromatic rings. The molecule has 0 amide bonds. The van der Waals surface area contributed by atoms with Crippen molar-refractivity contribution in [3.63, 3.8) is 0 Å². The predicted molar refractivity (Wildman–Crippen MR) is 58.0 cm³/mol. The van der Waals surface area contributed by atoms with Crippen LogP contribution in [0.4, 0.5) is 5.00 Å². The summed E-state index contributed by atoms with van der Waals surface area (Å²) in [4.78, 5) is 2.51. The molecule has 1 aromatic heterocycles. The Morgan fingerprint density at radius 2 is 2.38 bits per heavy atom. The molecular formula is C7H7N5O2S2. The third-order valence-electron chi connectivity index (χ3n) is 1.66. The van der Waals surface area contributed by atoms with E-state index in [0.29, 0.717) is 18.0 Å². The zero-order valence-electron chi connectivity index (χ0n) is 8.28. The van der Waals surface area contributed by atoms with Gasteiger partial charge in [0.25, 0.3) is 0 Å². The van der Waals surface area contributed by atoms with E-state index in [0.717, 1.165) is 0 Å². The molecule has 0 bridgehead atoms. The largest absolute Gasteiger partial charge is 0.222 e. The molecule has 0 saturated heterocycles. The van der Waals surface area contributed by atoms with Gasteiger partial charge in [-0.3, -0.25) is 0 Å². The van der Waals surface area contributed by atoms with Crippen molar-refractivity contribution >= 4 is 26.4 Å². The smallest absolute Gasteiger partial charge is 0.198 e. The minimum atomic E-state index is -3.56. The molecule has 16 heavy (non-hydrogen) atoms. The lowest BCUT2D eigenvalue weighted by Gasteiger charge is -1.97. The van der Waals surface area contributed by atoms with Crippen LogP contribution in [0, 0.1) is 11.3 Å². The minimum absolute atomic E-state index is 0.0142. The Hall–Kier alpha value is -1.62. The summed E-state index contributed by atoms with van der Waals surface area (Å²) >= 11 is 0.706. The van der Waals surface area contributed by atoms with E-state index in [-0.39, 0.29) is 21.3 Å². The number of nitriles is 1. The summed E-state index contributed by atoms with van der Waals surface area (Å²) in [7, 11) is -3.56. The number of hydrogen-bond donors (Lipinski definition) is 0. The van der Waals surface area contributed by atoms with E-state index < -0.39 is 9.84 Å². The maximum atomic E-state index is 11.7. The number of azide groups is 1. The number of nitrogens with zero attached hydrogens (tertiary/aromatic N) is 5. The lowest BCUT2D eigenvalue weighted by Crippen LogP contribution is -2.07. The van der Waals surface area contributed by atoms with Crippen molar-refractivity contribution < 1.29 is 8.42 Å². The topological polar surface area (TPSA) is 120 Å². The Morgan fingerprint density at radius 3 is 2.88 bits per heavy atom. The van der Waals surface area contributed by atoms with Gasteiger partial charge >= 0.3 is 0 Å². The monoisotopic (exact) mass is 257 g/mol. The molecule has 0 fully saturated rings. The summed E-state index contributed by atoms with van der Waals surface area (Å²) in [6.07, 6.45) is 0.432. The van der Waals surface area contributed by atoms with Crippen molar-refractivity contribution in [3.05, 3.63) is 16.0 Å². The van der Waals surface area contributed by atoms with E-state index in [1.807, 2.05) is 0 Å². The van der Waals surface area contributed by atoms with E-state index in [1.54, 1.807) is 13.0 Å². The molecule has 0 atom stereocenters. The Labute approximate surface area is 96.0 Å². The van der Waals surface area contributed by atoms with E-state index in [4.69, 9.17) is 10.8 Å². The first-order valence-corrected chi connectivity index (χ1v) is 6.67. The SMILES string of the molecule is CCCS(=O)(=O)c1nsc(N=[N+]=[N-])c1C#N. The second-order valence-electron chi connectivity index (χ2n) is 2.79. The highest BCUT2D eigenvalue weighted by atomic mass is 32.2. The van der Waals surface area contributed by atoms with Crippen molar-refractivity contribution in [2.75, 3.05) is 5.75 Å². The third kappa shape index (κ3) is 2.30. The summed E-state index contributed by atoms with van der Waals surface area (Å²) in [6.45, 7) is 1.71. The minimum Gasteiger partial charge on any atom is -0.222 e. The van der Waals surface area contributed by atoms with E-state index in [9.17, 15) is 8.42 Å². The van der Waals surface area contributed by atoms with Crippen LogP contribution in [0.3, 0.4) is 0 Å². The van der Waals surface area contributed by atoms with Crippen LogP contribution in [0.5, 0.6) is 0 Å². The predicted octanol–water partition coefficient (Wildman–Crippen LogP) is 2.14. The second kappa shape index (κ2) is 4.94. The standard InChI is InChI=1S/C7H7N5O2S2/c1-2-3-16(13,14)7-5(4-8)6(10-12-9)15-11-7/h2-3H2,1H3. The Kier molecular flexibility index (Phi) is 3.84. The fraction of sp³-hybridized carbons (Fsp3) is 0.429. The molecule has 0 radical (unpaired) electrons. The van der Waals surface area contributed by atoms with E-state index in [1.165, 1.54) is 0 Å². The molecule has 0 aliphatic heterocycles. The van der Waals surface area contributed by atoms with Gasteiger partial charge in [-0.2, -0.15) is 9.64 Å². The maximum absolute atomic E-state index is 11.7. The van der Waals surface area contributed by atoms with Gasteiger partial charge in [0, 0.05) is 4.91 Å². The van der Waals surface area contributed by atoms with Crippen LogP contribution in [-0.4, -0.2) is 18.5 Å². The van der Waals surface area contributed by atoms with Gasteiger partial charge in [-0.15, -0.1) is 0 Å². The molecule has 9 heteroatoms. The van der Waals surface area contributed by atoms with Crippen molar-refractivity contribution in [2.45, 2.75) is 18.4 Å². The van der Waals surface area contributed by atoms with E-state index in [2.05, 4.69) is 14.4 Å². The maximum Gasteiger partial charge on any atom is 0.198 e. The van der Waals surface area contributed by atoms with Gasteiger partial charge in [0.1, 0.15) is 16.6 Å². The van der Waals surface area contributed by atoms with Crippen LogP contribution in [0.25, 0.3) is 10.4 Å². The summed E-state index contributed by atoms with van der Waals surface area (Å²) in [5, 5.41) is 11.7. The van der Waals surface area contributed by atoms with Crippen molar-refractivity contribution in [1.82, 2.24) is 4.37 Å². The normalized spacial score (nSPS) is 10.5. The van der Waals surface area contributed by atoms with Crippen LogP contribution < -0.4 is 0 Å². The molecule has 0 N–H and O–H groups in total. The molecule has 0 aliphatic carbocycles. The zero-order chi connectivity index (χ0) is 12.2. The Bertz CT molecular complexity index is 576. The molecule has 1 rings (SSSR count). The van der Waals surface area contributed by atoms with Gasteiger partial charge in [0.2, 0.25) is 0 Å². The fourth-order valence-electron chi connectivity index (χ4n) is 1.05. The lowest BCUT2D eigenvalue weighted by molar-refractivity contribution is 0.592. The van der Waals surface area contributed by atoms with Crippen LogP contribution in [0.2, 0.25) is 0 Å². The lowest BCUT2D eigenvalue weighted by atomic mass is 10.4. The van der Waals surface area contributed by atoms with Gasteiger partial charge in [-0.1, -0.05) is 6.92 Å². The van der Waals surface area contributed by atoms with Gasteiger partial charge in [0.15, 0.2) is 14.9 Å².